The summed E-state index contributed by atoms with van der Waals surface area (Å²) in [6.07, 6.45) is 1.67. The van der Waals surface area contributed by atoms with Gasteiger partial charge in [-0.05, 0) is 52.7 Å². The largest absolute Gasteiger partial charge is 0.504 e. The third-order valence-electron chi connectivity index (χ3n) is 4.12. The third-order valence-corrected chi connectivity index (χ3v) is 4.45. The number of rotatable bonds is 3. The lowest BCUT2D eigenvalue weighted by molar-refractivity contribution is 0.283. The van der Waals surface area contributed by atoms with Gasteiger partial charge in [0.25, 0.3) is 0 Å². The van der Waals surface area contributed by atoms with E-state index < -0.39 is 0 Å². The lowest BCUT2D eigenvalue weighted by atomic mass is 10.0. The first-order chi connectivity index (χ1) is 12.2. The number of halogens is 1. The van der Waals surface area contributed by atoms with Gasteiger partial charge >= 0.3 is 0 Å². The topological polar surface area (TPSA) is 62.6 Å². The number of hydrogen-bond donors (Lipinski definition) is 2. The molecule has 0 aliphatic heterocycles. The molecule has 0 atom stereocenters. The van der Waals surface area contributed by atoms with E-state index in [1.165, 1.54) is 0 Å². The Morgan fingerprint density at radius 1 is 0.960 bits per heavy atom. The summed E-state index contributed by atoms with van der Waals surface area (Å²) >= 11 is 6.21. The van der Waals surface area contributed by atoms with Gasteiger partial charge in [-0.3, -0.25) is 4.98 Å². The van der Waals surface area contributed by atoms with Gasteiger partial charge in [0.2, 0.25) is 0 Å². The van der Waals surface area contributed by atoms with Gasteiger partial charge in [0.05, 0.1) is 11.6 Å². The molecule has 0 unspecified atom stereocenters. The van der Waals surface area contributed by atoms with E-state index in [0.717, 1.165) is 21.7 Å². The van der Waals surface area contributed by atoms with Gasteiger partial charge < -0.3 is 14.9 Å². The predicted octanol–water partition coefficient (Wildman–Crippen LogP) is 5.03. The standard InChI is InChI=1S/C20H14ClNO3/c21-16-6-7-18(20-14(16)5-2-8-22-20)25-19-9-12-3-1-4-13(11-23)15(12)10-17(19)24/h1-10,23-24H,11H2. The number of ether oxygens (including phenoxy) is 1. The molecule has 0 radical (unpaired) electrons. The first-order valence-corrected chi connectivity index (χ1v) is 8.12. The summed E-state index contributed by atoms with van der Waals surface area (Å²) in [5.41, 5.74) is 1.37. The van der Waals surface area contributed by atoms with Gasteiger partial charge in [0.15, 0.2) is 17.2 Å². The molecule has 3 aromatic carbocycles. The summed E-state index contributed by atoms with van der Waals surface area (Å²) < 4.78 is 5.93. The van der Waals surface area contributed by atoms with Crippen molar-refractivity contribution in [1.29, 1.82) is 0 Å². The van der Waals surface area contributed by atoms with Crippen LogP contribution in [0.4, 0.5) is 0 Å². The normalized spacial score (nSPS) is 11.1. The van der Waals surface area contributed by atoms with Gasteiger partial charge in [0, 0.05) is 11.6 Å². The van der Waals surface area contributed by atoms with Crippen LogP contribution in [0.15, 0.2) is 60.8 Å². The first-order valence-electron chi connectivity index (χ1n) is 7.74. The molecule has 4 rings (SSSR count). The Balaban J connectivity index is 1.84. The molecule has 0 aliphatic carbocycles. The molecule has 4 aromatic rings. The lowest BCUT2D eigenvalue weighted by Gasteiger charge is -2.12. The minimum Gasteiger partial charge on any atom is -0.504 e. The van der Waals surface area contributed by atoms with Gasteiger partial charge in [0.1, 0.15) is 5.52 Å². The van der Waals surface area contributed by atoms with E-state index in [4.69, 9.17) is 16.3 Å². The fraction of sp³-hybridized carbons (Fsp3) is 0.0500. The number of benzene rings is 3. The van der Waals surface area contributed by atoms with E-state index in [0.29, 0.717) is 22.0 Å². The van der Waals surface area contributed by atoms with Crippen molar-refractivity contribution < 1.29 is 14.9 Å². The molecule has 0 spiro atoms. The van der Waals surface area contributed by atoms with E-state index >= 15 is 0 Å². The zero-order valence-corrected chi connectivity index (χ0v) is 13.9. The number of pyridine rings is 1. The Hall–Kier alpha value is -2.82. The zero-order valence-electron chi connectivity index (χ0n) is 13.1. The smallest absolute Gasteiger partial charge is 0.169 e. The van der Waals surface area contributed by atoms with E-state index in [2.05, 4.69) is 4.98 Å². The molecule has 124 valence electrons. The van der Waals surface area contributed by atoms with Gasteiger partial charge in [-0.2, -0.15) is 0 Å². The molecule has 4 nitrogen and oxygen atoms in total. The molecule has 0 aliphatic rings. The van der Waals surface area contributed by atoms with Crippen LogP contribution in [0.3, 0.4) is 0 Å². The second kappa shape index (κ2) is 6.24. The van der Waals surface area contributed by atoms with Crippen molar-refractivity contribution in [3.8, 4) is 17.2 Å². The van der Waals surface area contributed by atoms with Crippen LogP contribution in [0, 0.1) is 0 Å². The highest BCUT2D eigenvalue weighted by Crippen LogP contribution is 2.38. The van der Waals surface area contributed by atoms with Gasteiger partial charge in [-0.15, -0.1) is 0 Å². The second-order valence-corrected chi connectivity index (χ2v) is 6.07. The second-order valence-electron chi connectivity index (χ2n) is 5.66. The van der Waals surface area contributed by atoms with Crippen molar-refractivity contribution in [3.05, 3.63) is 71.4 Å². The predicted molar refractivity (Wildman–Crippen MR) is 98.4 cm³/mol. The SMILES string of the molecule is OCc1cccc2cc(Oc3ccc(Cl)c4cccnc34)c(O)cc12. The molecule has 25 heavy (non-hydrogen) atoms. The molecule has 0 bridgehead atoms. The van der Waals surface area contributed by atoms with Crippen molar-refractivity contribution in [2.75, 3.05) is 0 Å². The minimum absolute atomic E-state index is 0.00701. The summed E-state index contributed by atoms with van der Waals surface area (Å²) in [6.45, 7) is -0.0945. The maximum Gasteiger partial charge on any atom is 0.169 e. The van der Waals surface area contributed by atoms with Crippen LogP contribution in [0.1, 0.15) is 5.56 Å². The fourth-order valence-electron chi connectivity index (χ4n) is 2.89. The summed E-state index contributed by atoms with van der Waals surface area (Å²) in [5, 5.41) is 22.8. The molecule has 2 N–H and O–H groups in total. The summed E-state index contributed by atoms with van der Waals surface area (Å²) in [4.78, 5) is 4.33. The molecule has 0 amide bonds. The average molecular weight is 352 g/mol. The van der Waals surface area contributed by atoms with Crippen LogP contribution in [0.5, 0.6) is 17.2 Å². The zero-order chi connectivity index (χ0) is 17.4. The number of nitrogens with zero attached hydrogens (tertiary/aromatic N) is 1. The number of aliphatic hydroxyl groups excluding tert-OH is 1. The van der Waals surface area contributed by atoms with E-state index in [1.807, 2.05) is 30.3 Å². The quantitative estimate of drug-likeness (QED) is 0.543. The Morgan fingerprint density at radius 2 is 1.84 bits per heavy atom. The van der Waals surface area contributed by atoms with E-state index in [9.17, 15) is 10.2 Å². The summed E-state index contributed by atoms with van der Waals surface area (Å²) in [7, 11) is 0. The van der Waals surface area contributed by atoms with Crippen LogP contribution in [-0.2, 0) is 6.61 Å². The Labute approximate surface area is 148 Å². The third kappa shape index (κ3) is 2.76. The van der Waals surface area contributed by atoms with Crippen LogP contribution >= 0.6 is 11.6 Å². The van der Waals surface area contributed by atoms with Gasteiger partial charge in [-0.25, -0.2) is 0 Å². The monoisotopic (exact) mass is 351 g/mol. The Bertz CT molecular complexity index is 1090. The fourth-order valence-corrected chi connectivity index (χ4v) is 3.11. The van der Waals surface area contributed by atoms with Crippen molar-refractivity contribution in [3.63, 3.8) is 0 Å². The van der Waals surface area contributed by atoms with Crippen molar-refractivity contribution >= 4 is 33.3 Å². The van der Waals surface area contributed by atoms with Crippen LogP contribution in [0.25, 0.3) is 21.7 Å². The molecule has 1 heterocycles. The van der Waals surface area contributed by atoms with Crippen LogP contribution in [-0.4, -0.2) is 15.2 Å². The van der Waals surface area contributed by atoms with Crippen molar-refractivity contribution in [2.45, 2.75) is 6.61 Å². The number of aliphatic hydroxyl groups is 1. The van der Waals surface area contributed by atoms with E-state index in [-0.39, 0.29) is 12.4 Å². The highest BCUT2D eigenvalue weighted by atomic mass is 35.5. The van der Waals surface area contributed by atoms with Crippen LogP contribution in [0.2, 0.25) is 5.02 Å². The molecule has 0 fully saturated rings. The maximum atomic E-state index is 10.4. The molecule has 0 saturated heterocycles. The molecular formula is C20H14ClNO3. The lowest BCUT2D eigenvalue weighted by Crippen LogP contribution is -1.91. The number of phenolic OH excluding ortho intramolecular Hbond substituents is 1. The molecule has 5 heteroatoms. The molecule has 0 saturated carbocycles. The Morgan fingerprint density at radius 3 is 2.68 bits per heavy atom. The van der Waals surface area contributed by atoms with Gasteiger partial charge in [-0.1, -0.05) is 29.8 Å². The number of hydrogen-bond acceptors (Lipinski definition) is 4. The van der Waals surface area contributed by atoms with Crippen LogP contribution < -0.4 is 4.74 Å². The Kier molecular flexibility index (Phi) is 3.92. The number of aromatic hydroxyl groups is 1. The molecule has 1 aromatic heterocycles. The highest BCUT2D eigenvalue weighted by molar-refractivity contribution is 6.35. The van der Waals surface area contributed by atoms with E-state index in [1.54, 1.807) is 30.5 Å². The summed E-state index contributed by atoms with van der Waals surface area (Å²) in [6, 6.07) is 16.1. The maximum absolute atomic E-state index is 10.4. The number of phenols is 1. The average Bonchev–Trinajstić information content (AvgIpc) is 2.64. The molecular weight excluding hydrogens is 338 g/mol. The minimum atomic E-state index is -0.0945. The first kappa shape index (κ1) is 15.7. The highest BCUT2D eigenvalue weighted by Gasteiger charge is 2.12. The summed E-state index contributed by atoms with van der Waals surface area (Å²) in [5.74, 6) is 0.817. The van der Waals surface area contributed by atoms with Crippen molar-refractivity contribution in [1.82, 2.24) is 4.98 Å². The number of aromatic nitrogens is 1. The van der Waals surface area contributed by atoms with Crippen molar-refractivity contribution in [2.24, 2.45) is 0 Å². The number of fused-ring (bicyclic) bond motifs is 2.